The van der Waals surface area contributed by atoms with Crippen LogP contribution >= 0.6 is 0 Å². The fourth-order valence-corrected chi connectivity index (χ4v) is 6.54. The molecule has 6 N–H and O–H groups in total. The van der Waals surface area contributed by atoms with Crippen LogP contribution in [-0.4, -0.2) is 67.6 Å². The van der Waals surface area contributed by atoms with Crippen LogP contribution in [0.25, 0.3) is 11.1 Å². The van der Waals surface area contributed by atoms with Crippen molar-refractivity contribution in [3.8, 4) is 16.9 Å². The second-order valence-corrected chi connectivity index (χ2v) is 11.9. The largest absolute Gasteiger partial charge is 0.507 e. The molecule has 46 heavy (non-hydrogen) atoms. The maximum Gasteiger partial charge on any atom is 0.233 e. The predicted octanol–water partition coefficient (Wildman–Crippen LogP) is 3.93. The Morgan fingerprint density at radius 1 is 0.826 bits per heavy atom. The van der Waals surface area contributed by atoms with E-state index in [1.54, 1.807) is 47.4 Å². The van der Waals surface area contributed by atoms with Crippen molar-refractivity contribution >= 4 is 11.6 Å². The fraction of sp³-hybridized carbons (Fsp3) is 0.306. The summed E-state index contributed by atoms with van der Waals surface area (Å²) in [5.74, 6) is -1.09. The topological polar surface area (TPSA) is 151 Å². The summed E-state index contributed by atoms with van der Waals surface area (Å²) in [4.78, 5) is 15.1. The summed E-state index contributed by atoms with van der Waals surface area (Å²) in [7, 11) is 0. The van der Waals surface area contributed by atoms with Crippen molar-refractivity contribution in [1.29, 1.82) is 0 Å². The van der Waals surface area contributed by atoms with Gasteiger partial charge in [0.25, 0.3) is 0 Å². The predicted molar refractivity (Wildman–Crippen MR) is 167 cm³/mol. The van der Waals surface area contributed by atoms with Crippen molar-refractivity contribution in [2.45, 2.75) is 55.5 Å². The fourth-order valence-electron chi connectivity index (χ4n) is 6.54. The molecule has 2 aliphatic rings. The number of hydrogen-bond acceptors (Lipinski definition) is 8. The summed E-state index contributed by atoms with van der Waals surface area (Å²) in [6.07, 6.45) is -6.88. The zero-order chi connectivity index (χ0) is 32.5. The lowest BCUT2D eigenvalue weighted by Gasteiger charge is -2.48. The molecule has 4 aromatic rings. The van der Waals surface area contributed by atoms with Gasteiger partial charge in [0.2, 0.25) is 5.91 Å². The minimum atomic E-state index is -1.52. The van der Waals surface area contributed by atoms with E-state index in [9.17, 15) is 39.8 Å². The molecule has 0 saturated carbocycles. The molecule has 4 aromatic carbocycles. The van der Waals surface area contributed by atoms with Crippen LogP contribution in [0.2, 0.25) is 0 Å². The molecule has 9 nitrogen and oxygen atoms in total. The molecule has 6 rings (SSSR count). The van der Waals surface area contributed by atoms with Crippen molar-refractivity contribution < 1.29 is 44.6 Å². The Morgan fingerprint density at radius 3 is 2.30 bits per heavy atom. The number of phenolic OH excluding ortho intramolecular Hbond substituents is 1. The number of ether oxygens (including phenoxy) is 1. The summed E-state index contributed by atoms with van der Waals surface area (Å²) in [6.45, 7) is -0.544. The SMILES string of the molecule is O=C1[C@H](CC[C@H](O)c2cccc(F)c2)[C@@H](c2ccc(-c3cccc([C@@H]4O[C@H](CO)[C@@H](O)[C@H](O)[C@H]4O)c3)c(O)c2)N1c1ccccc1. The molecule has 1 amide bonds. The molecule has 0 aliphatic carbocycles. The number of aliphatic hydroxyl groups excluding tert-OH is 5. The number of amides is 1. The highest BCUT2D eigenvalue weighted by Gasteiger charge is 2.49. The number of carbonyl (C=O) groups is 1. The number of hydrogen-bond donors (Lipinski definition) is 6. The number of aromatic hydroxyl groups is 1. The van der Waals surface area contributed by atoms with E-state index in [-0.39, 0.29) is 18.1 Å². The van der Waals surface area contributed by atoms with Gasteiger partial charge in [-0.15, -0.1) is 0 Å². The highest BCUT2D eigenvalue weighted by molar-refractivity contribution is 6.03. The number of benzene rings is 4. The van der Waals surface area contributed by atoms with Gasteiger partial charge in [-0.25, -0.2) is 4.39 Å². The Hall–Kier alpha value is -4.16. The lowest BCUT2D eigenvalue weighted by atomic mass is 9.78. The van der Waals surface area contributed by atoms with Gasteiger partial charge in [-0.2, -0.15) is 0 Å². The highest BCUT2D eigenvalue weighted by atomic mass is 19.1. The van der Waals surface area contributed by atoms with E-state index < -0.39 is 61.0 Å². The summed E-state index contributed by atoms with van der Waals surface area (Å²) in [5.41, 5.74) is 3.39. The molecule has 0 aromatic heterocycles. The molecule has 2 saturated heterocycles. The Morgan fingerprint density at radius 2 is 1.59 bits per heavy atom. The monoisotopic (exact) mass is 629 g/mol. The van der Waals surface area contributed by atoms with E-state index in [2.05, 4.69) is 0 Å². The maximum absolute atomic E-state index is 13.7. The van der Waals surface area contributed by atoms with E-state index in [0.717, 1.165) is 0 Å². The number of halogens is 1. The molecule has 0 unspecified atom stereocenters. The van der Waals surface area contributed by atoms with E-state index >= 15 is 0 Å². The zero-order valence-electron chi connectivity index (χ0n) is 24.8. The van der Waals surface area contributed by atoms with Gasteiger partial charge in [0.1, 0.15) is 42.1 Å². The molecule has 2 heterocycles. The van der Waals surface area contributed by atoms with Gasteiger partial charge in [-0.05, 0) is 71.5 Å². The molecule has 8 atom stereocenters. The number of anilines is 1. The Balaban J connectivity index is 1.27. The van der Waals surface area contributed by atoms with Crippen molar-refractivity contribution in [2.75, 3.05) is 11.5 Å². The minimum Gasteiger partial charge on any atom is -0.507 e. The van der Waals surface area contributed by atoms with E-state index in [1.807, 2.05) is 36.4 Å². The van der Waals surface area contributed by atoms with E-state index in [4.69, 9.17) is 4.74 Å². The van der Waals surface area contributed by atoms with Gasteiger partial charge in [0.05, 0.1) is 24.7 Å². The lowest BCUT2D eigenvalue weighted by molar-refractivity contribution is -0.231. The van der Waals surface area contributed by atoms with Crippen LogP contribution in [0.3, 0.4) is 0 Å². The zero-order valence-corrected chi connectivity index (χ0v) is 24.8. The number of β-lactam (4-membered cyclic amide) rings is 1. The van der Waals surface area contributed by atoms with Gasteiger partial charge < -0.3 is 40.3 Å². The first kappa shape index (κ1) is 31.8. The molecule has 2 fully saturated rings. The third kappa shape index (κ3) is 6.03. The van der Waals surface area contributed by atoms with Crippen LogP contribution in [0, 0.1) is 11.7 Å². The van der Waals surface area contributed by atoms with Gasteiger partial charge in [-0.1, -0.05) is 60.7 Å². The third-order valence-corrected chi connectivity index (χ3v) is 9.01. The van der Waals surface area contributed by atoms with Crippen molar-refractivity contribution in [1.82, 2.24) is 0 Å². The molecule has 0 radical (unpaired) electrons. The number of rotatable bonds is 9. The molecule has 10 heteroatoms. The summed E-state index contributed by atoms with van der Waals surface area (Å²) in [6, 6.07) is 26.6. The quantitative estimate of drug-likeness (QED) is 0.153. The van der Waals surface area contributed by atoms with Crippen LogP contribution in [0.15, 0.2) is 97.1 Å². The minimum absolute atomic E-state index is 0.0469. The molecule has 240 valence electrons. The Labute approximate surface area is 265 Å². The maximum atomic E-state index is 13.7. The average Bonchev–Trinajstić information content (AvgIpc) is 3.06. The Bertz CT molecular complexity index is 1680. The second kappa shape index (κ2) is 13.3. The molecule has 0 bridgehead atoms. The van der Waals surface area contributed by atoms with Crippen LogP contribution in [-0.2, 0) is 9.53 Å². The molecule has 0 spiro atoms. The number of phenols is 1. The van der Waals surface area contributed by atoms with Crippen LogP contribution in [0.4, 0.5) is 10.1 Å². The third-order valence-electron chi connectivity index (χ3n) is 9.01. The van der Waals surface area contributed by atoms with Crippen molar-refractivity contribution in [3.63, 3.8) is 0 Å². The molecular formula is C36H36FNO8. The van der Waals surface area contributed by atoms with Crippen molar-refractivity contribution in [2.24, 2.45) is 5.92 Å². The van der Waals surface area contributed by atoms with Gasteiger partial charge in [0, 0.05) is 11.3 Å². The number of para-hydroxylation sites is 1. The number of nitrogens with zero attached hydrogens (tertiary/aromatic N) is 1. The first-order valence-electron chi connectivity index (χ1n) is 15.2. The average molecular weight is 630 g/mol. The smallest absolute Gasteiger partial charge is 0.233 e. The number of carbonyl (C=O) groups excluding carboxylic acids is 1. The van der Waals surface area contributed by atoms with Gasteiger partial charge in [0.15, 0.2) is 0 Å². The first-order chi connectivity index (χ1) is 22.2. The first-order valence-corrected chi connectivity index (χ1v) is 15.2. The van der Waals surface area contributed by atoms with Crippen molar-refractivity contribution in [3.05, 3.63) is 120 Å². The molecule has 2 aliphatic heterocycles. The Kier molecular flexibility index (Phi) is 9.19. The van der Waals surface area contributed by atoms with Gasteiger partial charge in [-0.3, -0.25) is 4.79 Å². The summed E-state index contributed by atoms with van der Waals surface area (Å²) < 4.78 is 19.4. The standard InChI is InChI=1S/C36H36FNO8/c37-24-9-5-7-21(17-24)28(40)15-14-27-31(38(36(27)45)25-10-2-1-3-11-25)22-12-13-26(29(41)18-22)20-6-4-8-23(16-20)35-34(44)33(43)32(42)30(19-39)46-35/h1-13,16-18,27-28,30-35,39-44H,14-15,19H2/t27-,28+,30-,31-,32-,33+,34-,35+/m1/s1. The van der Waals surface area contributed by atoms with Gasteiger partial charge >= 0.3 is 0 Å². The van der Waals surface area contributed by atoms with Crippen LogP contribution in [0.1, 0.15) is 47.8 Å². The highest BCUT2D eigenvalue weighted by Crippen LogP contribution is 2.48. The molecular weight excluding hydrogens is 593 g/mol. The van der Waals surface area contributed by atoms with E-state index in [0.29, 0.717) is 39.9 Å². The normalized spacial score (nSPS) is 26.9. The summed E-state index contributed by atoms with van der Waals surface area (Å²) >= 11 is 0. The van der Waals surface area contributed by atoms with Crippen LogP contribution in [0.5, 0.6) is 5.75 Å². The lowest BCUT2D eigenvalue weighted by Crippen LogP contribution is -2.55. The van der Waals surface area contributed by atoms with Crippen LogP contribution < -0.4 is 4.90 Å². The van der Waals surface area contributed by atoms with E-state index in [1.165, 1.54) is 18.2 Å². The second-order valence-electron chi connectivity index (χ2n) is 11.9. The summed E-state index contributed by atoms with van der Waals surface area (Å²) in [5, 5.41) is 62.6. The number of aliphatic hydroxyl groups is 5.